The number of aryl methyl sites for hydroxylation is 4. The molecular weight excluding hydrogens is 460 g/mol. The molecule has 1 amide bonds. The van der Waals surface area contributed by atoms with Crippen molar-refractivity contribution in [1.29, 1.82) is 0 Å². The number of rotatable bonds is 6. The molecule has 0 aliphatic carbocycles. The molecule has 0 radical (unpaired) electrons. The first-order valence-corrected chi connectivity index (χ1v) is 11.7. The number of furan rings is 1. The summed E-state index contributed by atoms with van der Waals surface area (Å²) in [5.74, 6) is -0.964. The Bertz CT molecular complexity index is 1740. The van der Waals surface area contributed by atoms with Crippen molar-refractivity contribution in [1.82, 2.24) is 10.3 Å². The number of amides is 1. The van der Waals surface area contributed by atoms with Crippen molar-refractivity contribution >= 4 is 44.7 Å². The van der Waals surface area contributed by atoms with E-state index >= 15 is 0 Å². The molecule has 0 bridgehead atoms. The fraction of sp³-hybridized carbons (Fsp3) is 0.250. The van der Waals surface area contributed by atoms with Crippen molar-refractivity contribution in [2.24, 2.45) is 0 Å². The summed E-state index contributed by atoms with van der Waals surface area (Å²) >= 11 is 0. The number of aliphatic carboxylic acids is 1. The van der Waals surface area contributed by atoms with Gasteiger partial charge in [-0.05, 0) is 62.1 Å². The standard InChI is InChI=1S/C28H26N2O6/c1-13-9-22-25(26-24(13)14(2)16(4)35-26)15(3)19(28(34)36-22)11-23(31)30-21(27(32)33)10-17-12-29-20-8-6-5-7-18(17)20/h5-9,12,21,29H,10-11H2,1-4H3,(H,30,31)(H,32,33)/t21-/m0/s1. The first-order chi connectivity index (χ1) is 17.2. The van der Waals surface area contributed by atoms with Crippen molar-refractivity contribution in [2.45, 2.75) is 46.6 Å². The van der Waals surface area contributed by atoms with Crippen LogP contribution in [0.4, 0.5) is 0 Å². The lowest BCUT2D eigenvalue weighted by Gasteiger charge is -2.15. The first-order valence-electron chi connectivity index (χ1n) is 11.7. The summed E-state index contributed by atoms with van der Waals surface area (Å²) in [6, 6.07) is 8.20. The van der Waals surface area contributed by atoms with Crippen LogP contribution in [0.3, 0.4) is 0 Å². The molecule has 0 spiro atoms. The smallest absolute Gasteiger partial charge is 0.340 e. The average molecular weight is 487 g/mol. The van der Waals surface area contributed by atoms with E-state index in [1.165, 1.54) is 0 Å². The minimum atomic E-state index is -1.16. The molecule has 5 rings (SSSR count). The Labute approximate surface area is 205 Å². The van der Waals surface area contributed by atoms with Gasteiger partial charge in [-0.25, -0.2) is 9.59 Å². The molecule has 3 aromatic heterocycles. The first kappa shape index (κ1) is 23.4. The summed E-state index contributed by atoms with van der Waals surface area (Å²) in [4.78, 5) is 40.9. The Hall–Kier alpha value is -4.33. The third-order valence-corrected chi connectivity index (χ3v) is 6.95. The number of fused-ring (bicyclic) bond motifs is 4. The molecule has 0 fully saturated rings. The van der Waals surface area contributed by atoms with Gasteiger partial charge in [0.1, 0.15) is 23.0 Å². The number of carbonyl (C=O) groups excluding carboxylic acids is 1. The van der Waals surface area contributed by atoms with Crippen molar-refractivity contribution in [3.63, 3.8) is 0 Å². The number of aromatic amines is 1. The molecule has 3 heterocycles. The number of H-pyrrole nitrogens is 1. The van der Waals surface area contributed by atoms with Crippen LogP contribution in [0.1, 0.15) is 33.6 Å². The van der Waals surface area contributed by atoms with Crippen molar-refractivity contribution < 1.29 is 23.5 Å². The Kier molecular flexibility index (Phi) is 5.67. The van der Waals surface area contributed by atoms with E-state index in [1.54, 1.807) is 19.2 Å². The van der Waals surface area contributed by atoms with Crippen LogP contribution in [-0.2, 0) is 22.4 Å². The van der Waals surface area contributed by atoms with E-state index in [9.17, 15) is 19.5 Å². The van der Waals surface area contributed by atoms with Gasteiger partial charge < -0.3 is 24.2 Å². The van der Waals surface area contributed by atoms with Gasteiger partial charge in [0.2, 0.25) is 5.91 Å². The van der Waals surface area contributed by atoms with Crippen molar-refractivity contribution in [3.8, 4) is 0 Å². The van der Waals surface area contributed by atoms with Gasteiger partial charge in [-0.1, -0.05) is 18.2 Å². The van der Waals surface area contributed by atoms with Crippen LogP contribution in [0.2, 0.25) is 0 Å². The van der Waals surface area contributed by atoms with E-state index in [2.05, 4.69) is 10.3 Å². The maximum absolute atomic E-state index is 12.9. The zero-order valence-corrected chi connectivity index (χ0v) is 20.4. The normalized spacial score (nSPS) is 12.4. The Morgan fingerprint density at radius 3 is 2.56 bits per heavy atom. The molecule has 0 saturated heterocycles. The van der Waals surface area contributed by atoms with E-state index in [0.717, 1.165) is 38.7 Å². The highest BCUT2D eigenvalue weighted by Crippen LogP contribution is 2.36. The molecule has 0 aliphatic heterocycles. The van der Waals surface area contributed by atoms with Crippen LogP contribution in [0.5, 0.6) is 0 Å². The van der Waals surface area contributed by atoms with Crippen molar-refractivity contribution in [2.75, 3.05) is 0 Å². The number of nitrogens with one attached hydrogen (secondary N) is 2. The summed E-state index contributed by atoms with van der Waals surface area (Å²) in [7, 11) is 0. The van der Waals surface area contributed by atoms with Gasteiger partial charge in [-0.3, -0.25) is 4.79 Å². The SMILES string of the molecule is Cc1oc2c(c(C)cc3oc(=O)c(CC(=O)N[C@@H](Cc4c[nH]c5ccccc45)C(=O)O)c(C)c32)c1C. The number of carboxylic acid groups (broad SMARTS) is 1. The monoisotopic (exact) mass is 486 g/mol. The molecule has 36 heavy (non-hydrogen) atoms. The van der Waals surface area contributed by atoms with Crippen LogP contribution in [0.25, 0.3) is 32.8 Å². The van der Waals surface area contributed by atoms with Gasteiger partial charge in [0.05, 0.1) is 17.4 Å². The van der Waals surface area contributed by atoms with E-state index in [1.807, 2.05) is 45.0 Å². The Morgan fingerprint density at radius 2 is 1.81 bits per heavy atom. The summed E-state index contributed by atoms with van der Waals surface area (Å²) < 4.78 is 11.6. The molecule has 5 aromatic rings. The van der Waals surface area contributed by atoms with Gasteiger partial charge in [0, 0.05) is 28.9 Å². The highest BCUT2D eigenvalue weighted by molar-refractivity contribution is 6.07. The van der Waals surface area contributed by atoms with Crippen LogP contribution in [-0.4, -0.2) is 28.0 Å². The highest BCUT2D eigenvalue weighted by atomic mass is 16.4. The summed E-state index contributed by atoms with van der Waals surface area (Å²) in [5, 5.41) is 14.8. The molecular formula is C28H26N2O6. The predicted molar refractivity (Wildman–Crippen MR) is 136 cm³/mol. The molecule has 8 heteroatoms. The second-order valence-corrected chi connectivity index (χ2v) is 9.25. The lowest BCUT2D eigenvalue weighted by molar-refractivity contribution is -0.141. The number of benzene rings is 2. The molecule has 0 aliphatic rings. The van der Waals surface area contributed by atoms with Gasteiger partial charge in [0.15, 0.2) is 0 Å². The van der Waals surface area contributed by atoms with Crippen LogP contribution < -0.4 is 10.9 Å². The largest absolute Gasteiger partial charge is 0.480 e. The van der Waals surface area contributed by atoms with Gasteiger partial charge in [-0.2, -0.15) is 0 Å². The number of para-hydroxylation sites is 1. The summed E-state index contributed by atoms with van der Waals surface area (Å²) in [5.41, 5.74) is 4.74. The third kappa shape index (κ3) is 3.84. The lowest BCUT2D eigenvalue weighted by atomic mass is 9.98. The number of carbonyl (C=O) groups is 2. The van der Waals surface area contributed by atoms with E-state index in [4.69, 9.17) is 8.83 Å². The summed E-state index contributed by atoms with van der Waals surface area (Å²) in [6.45, 7) is 7.54. The Morgan fingerprint density at radius 1 is 1.06 bits per heavy atom. The minimum Gasteiger partial charge on any atom is -0.480 e. The number of carboxylic acids is 1. The second kappa shape index (κ2) is 8.71. The molecule has 184 valence electrons. The molecule has 0 unspecified atom stereocenters. The number of aromatic nitrogens is 1. The predicted octanol–water partition coefficient (Wildman–Crippen LogP) is 4.61. The quantitative estimate of drug-likeness (QED) is 0.301. The van der Waals surface area contributed by atoms with Gasteiger partial charge in [0.25, 0.3) is 0 Å². The van der Waals surface area contributed by atoms with E-state index in [0.29, 0.717) is 22.1 Å². The van der Waals surface area contributed by atoms with E-state index < -0.39 is 23.5 Å². The number of hydrogen-bond donors (Lipinski definition) is 3. The highest BCUT2D eigenvalue weighted by Gasteiger charge is 2.25. The average Bonchev–Trinajstić information content (AvgIpc) is 3.36. The summed E-state index contributed by atoms with van der Waals surface area (Å²) in [6.07, 6.45) is 1.53. The van der Waals surface area contributed by atoms with Crippen LogP contribution in [0.15, 0.2) is 50.2 Å². The zero-order chi connectivity index (χ0) is 25.7. The van der Waals surface area contributed by atoms with Crippen LogP contribution >= 0.6 is 0 Å². The second-order valence-electron chi connectivity index (χ2n) is 9.25. The molecule has 1 atom stereocenters. The van der Waals surface area contributed by atoms with Gasteiger partial charge in [-0.15, -0.1) is 0 Å². The Balaban J connectivity index is 1.47. The molecule has 2 aromatic carbocycles. The minimum absolute atomic E-state index is 0.0985. The van der Waals surface area contributed by atoms with E-state index in [-0.39, 0.29) is 18.4 Å². The number of hydrogen-bond acceptors (Lipinski definition) is 5. The third-order valence-electron chi connectivity index (χ3n) is 6.95. The molecule has 0 saturated carbocycles. The lowest BCUT2D eigenvalue weighted by Crippen LogP contribution is -2.43. The fourth-order valence-corrected chi connectivity index (χ4v) is 4.96. The van der Waals surface area contributed by atoms with Gasteiger partial charge >= 0.3 is 11.6 Å². The van der Waals surface area contributed by atoms with Crippen LogP contribution in [0, 0.1) is 27.7 Å². The molecule has 8 nitrogen and oxygen atoms in total. The maximum atomic E-state index is 12.9. The fourth-order valence-electron chi connectivity index (χ4n) is 4.96. The maximum Gasteiger partial charge on any atom is 0.340 e. The zero-order valence-electron chi connectivity index (χ0n) is 20.4. The topological polar surface area (TPSA) is 126 Å². The molecule has 3 N–H and O–H groups in total. The van der Waals surface area contributed by atoms with Crippen molar-refractivity contribution in [3.05, 3.63) is 80.5 Å².